The number of fused-ring (bicyclic) bond motifs is 1. The molecule has 0 amide bonds. The lowest BCUT2D eigenvalue weighted by atomic mass is 10.0. The topological polar surface area (TPSA) is 36.9 Å². The molecule has 1 unspecified atom stereocenters. The van der Waals surface area contributed by atoms with E-state index in [1.54, 1.807) is 0 Å². The van der Waals surface area contributed by atoms with Gasteiger partial charge in [-0.3, -0.25) is 4.99 Å². The third-order valence-corrected chi connectivity index (χ3v) is 3.36. The minimum atomic E-state index is 0.433. The van der Waals surface area contributed by atoms with Crippen LogP contribution in [0.1, 0.15) is 11.5 Å². The maximum absolute atomic E-state index is 5.66. The molecule has 0 aliphatic carbocycles. The van der Waals surface area contributed by atoms with Gasteiger partial charge in [0, 0.05) is 31.6 Å². The van der Waals surface area contributed by atoms with Crippen molar-refractivity contribution in [1.29, 1.82) is 0 Å². The molecule has 0 fully saturated rings. The number of para-hydroxylation sites is 1. The summed E-state index contributed by atoms with van der Waals surface area (Å²) in [7, 11) is 2.07. The molecule has 2 aliphatic rings. The fourth-order valence-electron chi connectivity index (χ4n) is 2.34. The van der Waals surface area contributed by atoms with E-state index < -0.39 is 0 Å². The van der Waals surface area contributed by atoms with E-state index in [1.807, 2.05) is 12.1 Å². The Hall–Kier alpha value is -1.71. The van der Waals surface area contributed by atoms with Crippen molar-refractivity contribution >= 4 is 5.96 Å². The molecule has 1 N–H and O–H groups in total. The summed E-state index contributed by atoms with van der Waals surface area (Å²) in [5, 5.41) is 3.41. The highest BCUT2D eigenvalue weighted by molar-refractivity contribution is 5.81. The zero-order chi connectivity index (χ0) is 11.7. The van der Waals surface area contributed by atoms with Gasteiger partial charge >= 0.3 is 0 Å². The molecule has 0 bridgehead atoms. The number of nitrogens with zero attached hydrogens (tertiary/aromatic N) is 2. The van der Waals surface area contributed by atoms with Crippen LogP contribution in [0.4, 0.5) is 0 Å². The van der Waals surface area contributed by atoms with Crippen molar-refractivity contribution in [3.63, 3.8) is 0 Å². The monoisotopic (exact) mass is 231 g/mol. The molecule has 2 aliphatic heterocycles. The molecular weight excluding hydrogens is 214 g/mol. The van der Waals surface area contributed by atoms with Crippen molar-refractivity contribution in [2.24, 2.45) is 4.99 Å². The number of likely N-dealkylation sites (N-methyl/N-ethyl adjacent to an activating group) is 1. The predicted molar refractivity (Wildman–Crippen MR) is 67.6 cm³/mol. The van der Waals surface area contributed by atoms with Crippen molar-refractivity contribution in [2.45, 2.75) is 5.92 Å². The number of guanidine groups is 1. The normalized spacial score (nSPS) is 22.1. The maximum atomic E-state index is 5.66. The number of benzene rings is 1. The van der Waals surface area contributed by atoms with Gasteiger partial charge < -0.3 is 15.0 Å². The van der Waals surface area contributed by atoms with Crippen LogP contribution in [-0.2, 0) is 0 Å². The van der Waals surface area contributed by atoms with Gasteiger partial charge in [0.1, 0.15) is 5.75 Å². The van der Waals surface area contributed by atoms with Gasteiger partial charge in [-0.25, -0.2) is 0 Å². The van der Waals surface area contributed by atoms with Crippen molar-refractivity contribution < 1.29 is 4.74 Å². The molecule has 1 aromatic rings. The van der Waals surface area contributed by atoms with Gasteiger partial charge in [0.25, 0.3) is 0 Å². The molecule has 17 heavy (non-hydrogen) atoms. The van der Waals surface area contributed by atoms with Gasteiger partial charge in [0.05, 0.1) is 13.2 Å². The van der Waals surface area contributed by atoms with Gasteiger partial charge in [0.2, 0.25) is 0 Å². The molecule has 4 nitrogen and oxygen atoms in total. The summed E-state index contributed by atoms with van der Waals surface area (Å²) >= 11 is 0. The molecule has 4 heteroatoms. The Morgan fingerprint density at radius 1 is 1.47 bits per heavy atom. The molecule has 1 atom stereocenters. The van der Waals surface area contributed by atoms with Crippen molar-refractivity contribution in [1.82, 2.24) is 10.2 Å². The van der Waals surface area contributed by atoms with Gasteiger partial charge in [-0.2, -0.15) is 0 Å². The van der Waals surface area contributed by atoms with Crippen LogP contribution in [0.5, 0.6) is 5.75 Å². The summed E-state index contributed by atoms with van der Waals surface area (Å²) in [6.07, 6.45) is 0. The Balaban J connectivity index is 1.64. The Kier molecular flexibility index (Phi) is 2.63. The van der Waals surface area contributed by atoms with Crippen molar-refractivity contribution in [2.75, 3.05) is 33.3 Å². The lowest BCUT2D eigenvalue weighted by molar-refractivity contribution is 0.329. The summed E-state index contributed by atoms with van der Waals surface area (Å²) in [5.74, 6) is 2.47. The van der Waals surface area contributed by atoms with E-state index in [-0.39, 0.29) is 0 Å². The van der Waals surface area contributed by atoms with E-state index in [4.69, 9.17) is 4.74 Å². The first-order valence-electron chi connectivity index (χ1n) is 6.06. The number of aliphatic imine (C=N–C) groups is 1. The summed E-state index contributed by atoms with van der Waals surface area (Å²) in [6.45, 7) is 3.57. The Labute approximate surface area is 101 Å². The van der Waals surface area contributed by atoms with Crippen molar-refractivity contribution in [3.8, 4) is 5.75 Å². The second-order valence-corrected chi connectivity index (χ2v) is 4.55. The quantitative estimate of drug-likeness (QED) is 0.826. The molecule has 3 rings (SSSR count). The number of hydrogen-bond donors (Lipinski definition) is 1. The van der Waals surface area contributed by atoms with E-state index in [0.717, 1.165) is 38.0 Å². The molecule has 1 aromatic carbocycles. The third-order valence-electron chi connectivity index (χ3n) is 3.36. The molecule has 0 saturated heterocycles. The standard InChI is InChI=1S/C13H17N3O/c1-16-7-6-14-13(16)15-8-10-9-17-12-5-3-2-4-11(10)12/h2-5,10H,6-9H2,1H3,(H,14,15). The van der Waals surface area contributed by atoms with Crippen LogP contribution in [-0.4, -0.2) is 44.1 Å². The van der Waals surface area contributed by atoms with E-state index in [0.29, 0.717) is 5.92 Å². The van der Waals surface area contributed by atoms with Gasteiger partial charge in [-0.15, -0.1) is 0 Å². The number of rotatable bonds is 2. The third kappa shape index (κ3) is 1.95. The number of ether oxygens (including phenoxy) is 1. The Morgan fingerprint density at radius 3 is 3.18 bits per heavy atom. The largest absolute Gasteiger partial charge is 0.493 e. The van der Waals surface area contributed by atoms with Crippen LogP contribution in [0.3, 0.4) is 0 Å². The molecule has 0 spiro atoms. The van der Waals surface area contributed by atoms with Gasteiger partial charge in [-0.1, -0.05) is 18.2 Å². The van der Waals surface area contributed by atoms with Gasteiger partial charge in [0.15, 0.2) is 5.96 Å². The van der Waals surface area contributed by atoms with E-state index in [1.165, 1.54) is 5.56 Å². The molecule has 0 radical (unpaired) electrons. The van der Waals surface area contributed by atoms with E-state index >= 15 is 0 Å². The van der Waals surface area contributed by atoms with E-state index in [2.05, 4.69) is 34.4 Å². The minimum absolute atomic E-state index is 0.433. The summed E-state index contributed by atoms with van der Waals surface area (Å²) < 4.78 is 5.66. The van der Waals surface area contributed by atoms with E-state index in [9.17, 15) is 0 Å². The Bertz CT molecular complexity index is 444. The van der Waals surface area contributed by atoms with Gasteiger partial charge in [-0.05, 0) is 6.07 Å². The first kappa shape index (κ1) is 10.4. The van der Waals surface area contributed by atoms with Crippen LogP contribution in [0, 0.1) is 0 Å². The first-order valence-corrected chi connectivity index (χ1v) is 6.06. The Morgan fingerprint density at radius 2 is 2.35 bits per heavy atom. The molecule has 0 saturated carbocycles. The SMILES string of the molecule is CN1CCN=C1NCC1COc2ccccc21. The second kappa shape index (κ2) is 4.28. The highest BCUT2D eigenvalue weighted by atomic mass is 16.5. The van der Waals surface area contributed by atoms with Crippen molar-refractivity contribution in [3.05, 3.63) is 29.8 Å². The average molecular weight is 231 g/mol. The smallest absolute Gasteiger partial charge is 0.193 e. The molecule has 2 heterocycles. The molecule has 0 aromatic heterocycles. The van der Waals surface area contributed by atoms with Crippen LogP contribution >= 0.6 is 0 Å². The molecule has 90 valence electrons. The lowest BCUT2D eigenvalue weighted by Gasteiger charge is -2.17. The summed E-state index contributed by atoms with van der Waals surface area (Å²) in [5.41, 5.74) is 1.31. The highest BCUT2D eigenvalue weighted by Crippen LogP contribution is 2.32. The van der Waals surface area contributed by atoms with Crippen LogP contribution < -0.4 is 10.1 Å². The highest BCUT2D eigenvalue weighted by Gasteiger charge is 2.24. The number of nitrogens with one attached hydrogen (secondary N) is 1. The fourth-order valence-corrected chi connectivity index (χ4v) is 2.34. The van der Waals surface area contributed by atoms with Crippen LogP contribution in [0.15, 0.2) is 29.3 Å². The summed E-state index contributed by atoms with van der Waals surface area (Å²) in [4.78, 5) is 6.58. The average Bonchev–Trinajstić information content (AvgIpc) is 2.93. The fraction of sp³-hybridized carbons (Fsp3) is 0.462. The zero-order valence-electron chi connectivity index (χ0n) is 10.0. The number of hydrogen-bond acceptors (Lipinski definition) is 4. The maximum Gasteiger partial charge on any atom is 0.193 e. The van der Waals surface area contributed by atoms with Crippen LogP contribution in [0.25, 0.3) is 0 Å². The first-order chi connectivity index (χ1) is 8.34. The minimum Gasteiger partial charge on any atom is -0.493 e. The zero-order valence-corrected chi connectivity index (χ0v) is 10.0. The predicted octanol–water partition coefficient (Wildman–Crippen LogP) is 1.05. The summed E-state index contributed by atoms with van der Waals surface area (Å²) in [6, 6.07) is 8.27. The second-order valence-electron chi connectivity index (χ2n) is 4.55. The lowest BCUT2D eigenvalue weighted by Crippen LogP contribution is -2.38. The van der Waals surface area contributed by atoms with Crippen LogP contribution in [0.2, 0.25) is 0 Å². The molecular formula is C13H17N3O.